The minimum Gasteiger partial charge on any atom is -0.461 e. The van der Waals surface area contributed by atoms with Gasteiger partial charge in [0.15, 0.2) is 5.69 Å². The Kier molecular flexibility index (Phi) is 6.68. The van der Waals surface area contributed by atoms with Gasteiger partial charge in [-0.2, -0.15) is 5.10 Å². The first-order valence-electron chi connectivity index (χ1n) is 8.98. The first kappa shape index (κ1) is 21.4. The van der Waals surface area contributed by atoms with Crippen molar-refractivity contribution in [3.63, 3.8) is 0 Å². The molecule has 4 nitrogen and oxygen atoms in total. The fraction of sp³-hybridized carbons (Fsp3) is 0.182. The van der Waals surface area contributed by atoms with Gasteiger partial charge in [-0.05, 0) is 68.3 Å². The Morgan fingerprint density at radius 1 is 1.10 bits per heavy atom. The minimum absolute atomic E-state index is 0.247. The number of benzene rings is 2. The van der Waals surface area contributed by atoms with Gasteiger partial charge in [-0.1, -0.05) is 46.9 Å². The summed E-state index contributed by atoms with van der Waals surface area (Å²) in [5, 5.41) is 6.13. The topological polar surface area (TPSA) is 44.1 Å². The van der Waals surface area contributed by atoms with Crippen molar-refractivity contribution in [3.05, 3.63) is 80.0 Å². The van der Waals surface area contributed by atoms with E-state index in [1.165, 1.54) is 0 Å². The molecule has 0 spiro atoms. The van der Waals surface area contributed by atoms with E-state index >= 15 is 0 Å². The number of hydrogen-bond donors (Lipinski definition) is 0. The SMILES string of the molecule is CCOC(=O)c1nn(-c2ccc(Cl)cc2Cl)c(C(C)=Cc2ccc(Cl)cc2)c1C. The van der Waals surface area contributed by atoms with Crippen LogP contribution in [0.5, 0.6) is 0 Å². The predicted octanol–water partition coefficient (Wildman–Crippen LogP) is 6.88. The van der Waals surface area contributed by atoms with Gasteiger partial charge in [-0.25, -0.2) is 9.48 Å². The summed E-state index contributed by atoms with van der Waals surface area (Å²) in [5.74, 6) is -0.477. The molecule has 3 aromatic rings. The largest absolute Gasteiger partial charge is 0.461 e. The van der Waals surface area contributed by atoms with E-state index in [1.54, 1.807) is 29.8 Å². The second kappa shape index (κ2) is 9.04. The number of rotatable bonds is 5. The van der Waals surface area contributed by atoms with Crippen LogP contribution in [0.3, 0.4) is 0 Å². The summed E-state index contributed by atoms with van der Waals surface area (Å²) in [6.07, 6.45) is 2.00. The van der Waals surface area contributed by atoms with Crippen LogP contribution in [-0.4, -0.2) is 22.4 Å². The van der Waals surface area contributed by atoms with Gasteiger partial charge in [0.2, 0.25) is 0 Å². The zero-order valence-corrected chi connectivity index (χ0v) is 18.4. The molecular formula is C22H19Cl3N2O2. The van der Waals surface area contributed by atoms with Crippen LogP contribution in [0.2, 0.25) is 15.1 Å². The number of aromatic nitrogens is 2. The number of halogens is 3. The van der Waals surface area contributed by atoms with Crippen molar-refractivity contribution in [1.29, 1.82) is 0 Å². The van der Waals surface area contributed by atoms with Gasteiger partial charge in [-0.15, -0.1) is 0 Å². The molecule has 0 bridgehead atoms. The standard InChI is InChI=1S/C22H19Cl3N2O2/c1-4-29-22(28)20-14(3)21(13(2)11-15-5-7-16(23)8-6-15)27(26-20)19-10-9-17(24)12-18(19)25/h5-12H,4H2,1-3H3. The first-order chi connectivity index (χ1) is 13.8. The average Bonchev–Trinajstić information content (AvgIpc) is 3.01. The molecule has 150 valence electrons. The van der Waals surface area contributed by atoms with Crippen molar-refractivity contribution in [2.75, 3.05) is 6.61 Å². The highest BCUT2D eigenvalue weighted by atomic mass is 35.5. The number of hydrogen-bond acceptors (Lipinski definition) is 3. The summed E-state index contributed by atoms with van der Waals surface area (Å²) >= 11 is 18.5. The zero-order chi connectivity index (χ0) is 21.1. The molecule has 0 aliphatic heterocycles. The van der Waals surface area contributed by atoms with Crippen molar-refractivity contribution < 1.29 is 9.53 Å². The number of carbonyl (C=O) groups excluding carboxylic acids is 1. The minimum atomic E-state index is -0.477. The smallest absolute Gasteiger partial charge is 0.359 e. The molecule has 0 N–H and O–H groups in total. The van der Waals surface area contributed by atoms with Crippen LogP contribution in [0.25, 0.3) is 17.3 Å². The van der Waals surface area contributed by atoms with E-state index in [-0.39, 0.29) is 12.3 Å². The first-order valence-corrected chi connectivity index (χ1v) is 10.1. The van der Waals surface area contributed by atoms with Crippen LogP contribution >= 0.6 is 34.8 Å². The summed E-state index contributed by atoms with van der Waals surface area (Å²) < 4.78 is 6.83. The van der Waals surface area contributed by atoms with Crippen LogP contribution in [-0.2, 0) is 4.74 Å². The second-order valence-corrected chi connectivity index (χ2v) is 7.71. The number of esters is 1. The molecule has 0 amide bonds. The summed E-state index contributed by atoms with van der Waals surface area (Å²) in [7, 11) is 0. The molecule has 3 rings (SSSR count). The lowest BCUT2D eigenvalue weighted by Crippen LogP contribution is -2.08. The molecule has 0 saturated carbocycles. The molecule has 0 fully saturated rings. The quantitative estimate of drug-likeness (QED) is 0.399. The molecule has 0 aliphatic carbocycles. The Hall–Kier alpha value is -2.27. The van der Waals surface area contributed by atoms with Crippen LogP contribution in [0.4, 0.5) is 0 Å². The third-order valence-electron chi connectivity index (χ3n) is 4.36. The van der Waals surface area contributed by atoms with Crippen molar-refractivity contribution in [2.45, 2.75) is 20.8 Å². The molecular weight excluding hydrogens is 431 g/mol. The lowest BCUT2D eigenvalue weighted by Gasteiger charge is -2.11. The molecule has 7 heteroatoms. The highest BCUT2D eigenvalue weighted by Gasteiger charge is 2.23. The highest BCUT2D eigenvalue weighted by molar-refractivity contribution is 6.35. The van der Waals surface area contributed by atoms with Gasteiger partial charge in [0.25, 0.3) is 0 Å². The number of carbonyl (C=O) groups is 1. The van der Waals surface area contributed by atoms with E-state index in [4.69, 9.17) is 39.5 Å². The summed E-state index contributed by atoms with van der Waals surface area (Å²) in [6, 6.07) is 12.6. The Morgan fingerprint density at radius 2 is 1.76 bits per heavy atom. The van der Waals surface area contributed by atoms with Gasteiger partial charge in [-0.3, -0.25) is 0 Å². The summed E-state index contributed by atoms with van der Waals surface area (Å²) in [4.78, 5) is 12.4. The lowest BCUT2D eigenvalue weighted by molar-refractivity contribution is 0.0518. The average molecular weight is 450 g/mol. The van der Waals surface area contributed by atoms with E-state index in [9.17, 15) is 4.79 Å². The van der Waals surface area contributed by atoms with Gasteiger partial charge < -0.3 is 4.74 Å². The Labute approximate surface area is 184 Å². The van der Waals surface area contributed by atoms with Crippen LogP contribution < -0.4 is 0 Å². The molecule has 2 aromatic carbocycles. The fourth-order valence-corrected chi connectivity index (χ4v) is 3.67. The molecule has 0 aliphatic rings. The second-order valence-electron chi connectivity index (χ2n) is 6.43. The molecule has 29 heavy (non-hydrogen) atoms. The summed E-state index contributed by atoms with van der Waals surface area (Å²) in [6.45, 7) is 5.82. The van der Waals surface area contributed by atoms with Crippen LogP contribution in [0, 0.1) is 6.92 Å². The van der Waals surface area contributed by atoms with Gasteiger partial charge in [0, 0.05) is 15.6 Å². The molecule has 0 saturated heterocycles. The maximum absolute atomic E-state index is 12.4. The molecule has 1 heterocycles. The van der Waals surface area contributed by atoms with E-state index in [2.05, 4.69) is 5.10 Å². The third kappa shape index (κ3) is 4.67. The van der Waals surface area contributed by atoms with Crippen molar-refractivity contribution >= 4 is 52.4 Å². The highest BCUT2D eigenvalue weighted by Crippen LogP contribution is 2.31. The zero-order valence-electron chi connectivity index (χ0n) is 16.2. The molecule has 1 aromatic heterocycles. The lowest BCUT2D eigenvalue weighted by atomic mass is 10.0. The van der Waals surface area contributed by atoms with Crippen LogP contribution in [0.1, 0.15) is 41.2 Å². The molecule has 0 atom stereocenters. The molecule has 0 radical (unpaired) electrons. The van der Waals surface area contributed by atoms with Crippen molar-refractivity contribution in [2.24, 2.45) is 0 Å². The number of ether oxygens (including phenoxy) is 1. The predicted molar refractivity (Wildman–Crippen MR) is 119 cm³/mol. The normalized spacial score (nSPS) is 11.6. The van der Waals surface area contributed by atoms with Crippen molar-refractivity contribution in [1.82, 2.24) is 9.78 Å². The maximum atomic E-state index is 12.4. The number of allylic oxidation sites excluding steroid dienone is 1. The van der Waals surface area contributed by atoms with Crippen LogP contribution in [0.15, 0.2) is 42.5 Å². The summed E-state index contributed by atoms with van der Waals surface area (Å²) in [5.41, 5.74) is 4.20. The monoisotopic (exact) mass is 448 g/mol. The molecule has 0 unspecified atom stereocenters. The van der Waals surface area contributed by atoms with E-state index < -0.39 is 5.97 Å². The van der Waals surface area contributed by atoms with Gasteiger partial charge in [0.05, 0.1) is 23.0 Å². The van der Waals surface area contributed by atoms with Gasteiger partial charge in [0.1, 0.15) is 0 Å². The maximum Gasteiger partial charge on any atom is 0.359 e. The Bertz CT molecular complexity index is 1090. The Balaban J connectivity index is 2.20. The van der Waals surface area contributed by atoms with Crippen molar-refractivity contribution in [3.8, 4) is 5.69 Å². The van der Waals surface area contributed by atoms with E-state index in [1.807, 2.05) is 44.2 Å². The van der Waals surface area contributed by atoms with E-state index in [0.29, 0.717) is 26.3 Å². The number of nitrogens with zero attached hydrogens (tertiary/aromatic N) is 2. The van der Waals surface area contributed by atoms with E-state index in [0.717, 1.165) is 16.8 Å². The fourth-order valence-electron chi connectivity index (χ4n) is 3.06. The van der Waals surface area contributed by atoms with Gasteiger partial charge >= 0.3 is 5.97 Å². The third-order valence-corrected chi connectivity index (χ3v) is 5.15. The Morgan fingerprint density at radius 3 is 2.38 bits per heavy atom.